The van der Waals surface area contributed by atoms with Crippen LogP contribution in [0.25, 0.3) is 0 Å². The number of likely N-dealkylation sites (tertiary alicyclic amines) is 1. The van der Waals surface area contributed by atoms with Crippen LogP contribution in [0.3, 0.4) is 0 Å². The summed E-state index contributed by atoms with van der Waals surface area (Å²) in [5, 5.41) is 0. The van der Waals surface area contributed by atoms with Gasteiger partial charge in [0.25, 0.3) is 0 Å². The van der Waals surface area contributed by atoms with Crippen LogP contribution in [-0.2, 0) is 6.54 Å². The Labute approximate surface area is 96.0 Å². The minimum absolute atomic E-state index is 0.565. The molecule has 0 amide bonds. The zero-order chi connectivity index (χ0) is 11.6. The maximum absolute atomic E-state index is 13.6. The molecule has 0 saturated carbocycles. The number of hydrogen-bond acceptors (Lipinski definition) is 2. The van der Waals surface area contributed by atoms with E-state index in [4.69, 9.17) is 4.74 Å². The number of hydrogen-bond donors (Lipinski definition) is 0. The van der Waals surface area contributed by atoms with Crippen LogP contribution in [0.4, 0.5) is 4.39 Å². The van der Waals surface area contributed by atoms with Gasteiger partial charge in [-0.2, -0.15) is 0 Å². The second-order valence-electron chi connectivity index (χ2n) is 4.50. The van der Waals surface area contributed by atoms with Crippen LogP contribution in [-0.4, -0.2) is 30.8 Å². The van der Waals surface area contributed by atoms with Crippen LogP contribution in [0.5, 0.6) is 5.75 Å². The summed E-state index contributed by atoms with van der Waals surface area (Å²) in [6.07, 6.45) is 0.617. The third-order valence-electron chi connectivity index (χ3n) is 3.21. The van der Waals surface area contributed by atoms with Gasteiger partial charge in [0.05, 0.1) is 7.11 Å². The molecular formula is C13H18FNO. The summed E-state index contributed by atoms with van der Waals surface area (Å²) < 4.78 is 18.7. The summed E-state index contributed by atoms with van der Waals surface area (Å²) in [4.78, 5) is 2.13. The Kier molecular flexibility index (Phi) is 3.15. The lowest BCUT2D eigenvalue weighted by atomic mass is 9.93. The summed E-state index contributed by atoms with van der Waals surface area (Å²) in [7, 11) is 1.66. The molecule has 1 aliphatic rings. The fourth-order valence-corrected chi connectivity index (χ4v) is 2.08. The lowest BCUT2D eigenvalue weighted by molar-refractivity contribution is -0.0393. The Morgan fingerprint density at radius 1 is 1.31 bits per heavy atom. The topological polar surface area (TPSA) is 12.5 Å². The van der Waals surface area contributed by atoms with Gasteiger partial charge in [-0.1, -0.05) is 19.1 Å². The molecule has 0 aliphatic carbocycles. The predicted molar refractivity (Wildman–Crippen MR) is 62.4 cm³/mol. The zero-order valence-electron chi connectivity index (χ0n) is 9.87. The Hall–Kier alpha value is -1.09. The first-order valence-electron chi connectivity index (χ1n) is 5.69. The van der Waals surface area contributed by atoms with Gasteiger partial charge < -0.3 is 4.74 Å². The molecule has 0 radical (unpaired) electrons. The van der Waals surface area contributed by atoms with Crippen LogP contribution in [0.1, 0.15) is 18.9 Å². The van der Waals surface area contributed by atoms with Gasteiger partial charge in [0.15, 0.2) is 0 Å². The van der Waals surface area contributed by atoms with Crippen molar-refractivity contribution in [1.29, 1.82) is 0 Å². The van der Waals surface area contributed by atoms with Gasteiger partial charge >= 0.3 is 0 Å². The summed E-state index contributed by atoms with van der Waals surface area (Å²) in [5.41, 5.74) is 0.269. The molecule has 1 aromatic rings. The molecule has 0 spiro atoms. The van der Waals surface area contributed by atoms with E-state index in [9.17, 15) is 4.39 Å². The maximum atomic E-state index is 13.6. The van der Waals surface area contributed by atoms with Crippen molar-refractivity contribution in [3.05, 3.63) is 29.8 Å². The number of halogens is 1. The number of benzene rings is 1. The highest BCUT2D eigenvalue weighted by Gasteiger charge is 2.41. The van der Waals surface area contributed by atoms with Crippen LogP contribution >= 0.6 is 0 Å². The second kappa shape index (κ2) is 4.42. The fraction of sp³-hybridized carbons (Fsp3) is 0.538. The molecule has 16 heavy (non-hydrogen) atoms. The highest BCUT2D eigenvalue weighted by atomic mass is 19.1. The largest absolute Gasteiger partial charge is 0.497 e. The number of alkyl halides is 1. The molecule has 1 aromatic carbocycles. The van der Waals surface area contributed by atoms with E-state index in [1.807, 2.05) is 31.2 Å². The first-order chi connectivity index (χ1) is 7.65. The molecule has 1 heterocycles. The molecule has 88 valence electrons. The van der Waals surface area contributed by atoms with Crippen molar-refractivity contribution >= 4 is 0 Å². The third kappa shape index (κ3) is 2.35. The Balaban J connectivity index is 1.87. The second-order valence-corrected chi connectivity index (χ2v) is 4.50. The monoisotopic (exact) mass is 223 g/mol. The van der Waals surface area contributed by atoms with Crippen molar-refractivity contribution in [3.63, 3.8) is 0 Å². The van der Waals surface area contributed by atoms with Crippen molar-refractivity contribution in [2.75, 3.05) is 20.2 Å². The van der Waals surface area contributed by atoms with E-state index in [-0.39, 0.29) is 0 Å². The van der Waals surface area contributed by atoms with Crippen molar-refractivity contribution < 1.29 is 9.13 Å². The summed E-state index contributed by atoms with van der Waals surface area (Å²) in [6.45, 7) is 3.87. The highest BCUT2D eigenvalue weighted by molar-refractivity contribution is 5.27. The fourth-order valence-electron chi connectivity index (χ4n) is 2.08. The number of ether oxygens (including phenoxy) is 1. The molecular weight excluding hydrogens is 205 g/mol. The van der Waals surface area contributed by atoms with Gasteiger partial charge in [0, 0.05) is 19.6 Å². The maximum Gasteiger partial charge on any atom is 0.136 e. The standard InChI is InChI=1S/C13H18FNO/c1-3-13(14)9-15(10-13)8-11-4-6-12(16-2)7-5-11/h4-7H,3,8-10H2,1-2H3. The van der Waals surface area contributed by atoms with Crippen molar-refractivity contribution in [1.82, 2.24) is 4.90 Å². The lowest BCUT2D eigenvalue weighted by Gasteiger charge is -2.44. The van der Waals surface area contributed by atoms with E-state index in [0.717, 1.165) is 12.3 Å². The molecule has 1 fully saturated rings. The first-order valence-corrected chi connectivity index (χ1v) is 5.69. The van der Waals surface area contributed by atoms with E-state index < -0.39 is 5.67 Å². The molecule has 0 atom stereocenters. The van der Waals surface area contributed by atoms with E-state index in [2.05, 4.69) is 4.90 Å². The minimum atomic E-state index is -0.938. The summed E-state index contributed by atoms with van der Waals surface area (Å²) in [6, 6.07) is 7.95. The number of methoxy groups -OCH3 is 1. The summed E-state index contributed by atoms with van der Waals surface area (Å²) in [5.74, 6) is 0.862. The normalized spacial score (nSPS) is 19.2. The van der Waals surface area contributed by atoms with Gasteiger partial charge in [-0.15, -0.1) is 0 Å². The van der Waals surface area contributed by atoms with E-state index in [0.29, 0.717) is 19.5 Å². The van der Waals surface area contributed by atoms with E-state index in [1.165, 1.54) is 5.56 Å². The van der Waals surface area contributed by atoms with Gasteiger partial charge in [-0.25, -0.2) is 4.39 Å². The smallest absolute Gasteiger partial charge is 0.136 e. The molecule has 2 nitrogen and oxygen atoms in total. The Morgan fingerprint density at radius 2 is 1.94 bits per heavy atom. The van der Waals surface area contributed by atoms with Gasteiger partial charge in [-0.05, 0) is 24.1 Å². The van der Waals surface area contributed by atoms with E-state index >= 15 is 0 Å². The molecule has 0 bridgehead atoms. The van der Waals surface area contributed by atoms with Gasteiger partial charge in [-0.3, -0.25) is 4.90 Å². The molecule has 0 N–H and O–H groups in total. The predicted octanol–water partition coefficient (Wildman–Crippen LogP) is 2.63. The van der Waals surface area contributed by atoms with Gasteiger partial charge in [0.2, 0.25) is 0 Å². The van der Waals surface area contributed by atoms with Crippen molar-refractivity contribution in [2.45, 2.75) is 25.6 Å². The molecule has 3 heteroatoms. The van der Waals surface area contributed by atoms with Crippen molar-refractivity contribution in [3.8, 4) is 5.75 Å². The van der Waals surface area contributed by atoms with Crippen LogP contribution in [0.2, 0.25) is 0 Å². The van der Waals surface area contributed by atoms with E-state index in [1.54, 1.807) is 7.11 Å². The molecule has 0 unspecified atom stereocenters. The zero-order valence-corrected chi connectivity index (χ0v) is 9.87. The van der Waals surface area contributed by atoms with Crippen LogP contribution < -0.4 is 4.74 Å². The molecule has 0 aromatic heterocycles. The number of nitrogens with zero attached hydrogens (tertiary/aromatic N) is 1. The minimum Gasteiger partial charge on any atom is -0.497 e. The SMILES string of the molecule is CCC1(F)CN(Cc2ccc(OC)cc2)C1. The third-order valence-corrected chi connectivity index (χ3v) is 3.21. The van der Waals surface area contributed by atoms with Crippen molar-refractivity contribution in [2.24, 2.45) is 0 Å². The molecule has 1 saturated heterocycles. The summed E-state index contributed by atoms with van der Waals surface area (Å²) >= 11 is 0. The molecule has 2 rings (SSSR count). The van der Waals surface area contributed by atoms with Gasteiger partial charge in [0.1, 0.15) is 11.4 Å². The average molecular weight is 223 g/mol. The highest BCUT2D eigenvalue weighted by Crippen LogP contribution is 2.29. The van der Waals surface area contributed by atoms with Crippen LogP contribution in [0, 0.1) is 0 Å². The first kappa shape index (κ1) is 11.4. The average Bonchev–Trinajstić information content (AvgIpc) is 2.28. The number of rotatable bonds is 4. The van der Waals surface area contributed by atoms with Crippen LogP contribution in [0.15, 0.2) is 24.3 Å². The Morgan fingerprint density at radius 3 is 2.44 bits per heavy atom. The Bertz CT molecular complexity index is 343. The lowest BCUT2D eigenvalue weighted by Crippen LogP contribution is -2.57. The quantitative estimate of drug-likeness (QED) is 0.778. The molecule has 1 aliphatic heterocycles.